The molecule has 3 amide bonds. The first-order chi connectivity index (χ1) is 10.9. The highest BCUT2D eigenvalue weighted by Crippen LogP contribution is 2.34. The van der Waals surface area contributed by atoms with Crippen molar-refractivity contribution in [2.75, 3.05) is 20.1 Å². The second-order valence-electron chi connectivity index (χ2n) is 6.79. The molecule has 0 aromatic carbocycles. The summed E-state index contributed by atoms with van der Waals surface area (Å²) in [5, 5.41) is 2.90. The number of amides is 3. The lowest BCUT2D eigenvalue weighted by molar-refractivity contribution is -0.132. The highest BCUT2D eigenvalue weighted by molar-refractivity contribution is 6.06. The Morgan fingerprint density at radius 1 is 1.35 bits per heavy atom. The third kappa shape index (κ3) is 2.72. The molecule has 3 rings (SSSR count). The number of likely N-dealkylation sites (N-methyl/N-ethyl adjacent to an activating group) is 1. The number of aromatic nitrogens is 1. The van der Waals surface area contributed by atoms with Crippen molar-refractivity contribution in [2.24, 2.45) is 5.92 Å². The zero-order chi connectivity index (χ0) is 16.6. The van der Waals surface area contributed by atoms with Gasteiger partial charge in [0.15, 0.2) is 0 Å². The Bertz CT molecular complexity index is 606. The first-order valence-corrected chi connectivity index (χ1v) is 8.17. The van der Waals surface area contributed by atoms with Gasteiger partial charge < -0.3 is 5.32 Å². The van der Waals surface area contributed by atoms with E-state index in [2.05, 4.69) is 22.1 Å². The van der Waals surface area contributed by atoms with E-state index in [9.17, 15) is 9.59 Å². The molecular weight excluding hydrogens is 292 g/mol. The number of pyridine rings is 1. The van der Waals surface area contributed by atoms with E-state index in [0.29, 0.717) is 0 Å². The number of imide groups is 1. The van der Waals surface area contributed by atoms with E-state index in [1.807, 2.05) is 31.5 Å². The lowest BCUT2D eigenvalue weighted by Gasteiger charge is -2.42. The largest absolute Gasteiger partial charge is 0.324 e. The molecule has 0 radical (unpaired) electrons. The Morgan fingerprint density at radius 2 is 2.04 bits per heavy atom. The van der Waals surface area contributed by atoms with Gasteiger partial charge in [-0.3, -0.25) is 19.6 Å². The number of carbonyl (C=O) groups excluding carboxylic acids is 2. The van der Waals surface area contributed by atoms with Gasteiger partial charge in [0.1, 0.15) is 5.54 Å². The maximum atomic E-state index is 12.5. The molecule has 0 aliphatic carbocycles. The number of hydrogen-bond donors (Lipinski definition) is 1. The monoisotopic (exact) mass is 316 g/mol. The molecule has 2 fully saturated rings. The molecule has 124 valence electrons. The summed E-state index contributed by atoms with van der Waals surface area (Å²) in [6.45, 7) is 5.86. The Kier molecular flexibility index (Phi) is 4.10. The fraction of sp³-hybridized carbons (Fsp3) is 0.588. The van der Waals surface area contributed by atoms with Crippen molar-refractivity contribution in [1.29, 1.82) is 0 Å². The summed E-state index contributed by atoms with van der Waals surface area (Å²) in [5.41, 5.74) is 0.437. The van der Waals surface area contributed by atoms with Crippen LogP contribution in [-0.2, 0) is 4.79 Å². The van der Waals surface area contributed by atoms with Gasteiger partial charge in [-0.1, -0.05) is 0 Å². The van der Waals surface area contributed by atoms with Crippen molar-refractivity contribution in [3.8, 4) is 0 Å². The molecule has 0 bridgehead atoms. The summed E-state index contributed by atoms with van der Waals surface area (Å²) in [6.07, 6.45) is 5.60. The number of nitrogens with zero attached hydrogens (tertiary/aromatic N) is 3. The fourth-order valence-corrected chi connectivity index (χ4v) is 3.76. The van der Waals surface area contributed by atoms with Gasteiger partial charge in [0, 0.05) is 37.9 Å². The van der Waals surface area contributed by atoms with E-state index in [4.69, 9.17) is 0 Å². The molecule has 2 aliphatic rings. The molecule has 2 aliphatic heterocycles. The van der Waals surface area contributed by atoms with Gasteiger partial charge in [0.2, 0.25) is 0 Å². The minimum Gasteiger partial charge on any atom is -0.323 e. The molecule has 1 aromatic rings. The number of urea groups is 1. The second-order valence-corrected chi connectivity index (χ2v) is 6.79. The third-order valence-corrected chi connectivity index (χ3v) is 5.43. The predicted molar refractivity (Wildman–Crippen MR) is 86.7 cm³/mol. The Labute approximate surface area is 136 Å². The minimum atomic E-state index is -0.789. The molecule has 6 heteroatoms. The molecule has 0 saturated carbocycles. The number of rotatable bonds is 3. The van der Waals surface area contributed by atoms with Gasteiger partial charge in [-0.15, -0.1) is 0 Å². The van der Waals surface area contributed by atoms with Crippen molar-refractivity contribution >= 4 is 11.9 Å². The fourth-order valence-electron chi connectivity index (χ4n) is 3.76. The van der Waals surface area contributed by atoms with Crippen LogP contribution in [-0.4, -0.2) is 52.4 Å². The Balaban J connectivity index is 1.76. The molecule has 6 nitrogen and oxygen atoms in total. The first-order valence-electron chi connectivity index (χ1n) is 8.17. The molecule has 2 saturated heterocycles. The highest BCUT2D eigenvalue weighted by Gasteiger charge is 2.52. The SMILES string of the molecule is C[C@H](c1ccncc1)N1CCC[C@H]([C@@]2(C)NC(=O)N(C)C2=O)C1. The van der Waals surface area contributed by atoms with Gasteiger partial charge in [-0.2, -0.15) is 0 Å². The quantitative estimate of drug-likeness (QED) is 0.864. The van der Waals surface area contributed by atoms with E-state index in [1.165, 1.54) is 10.5 Å². The van der Waals surface area contributed by atoms with Crippen LogP contribution in [0.15, 0.2) is 24.5 Å². The molecule has 0 unspecified atom stereocenters. The standard InChI is InChI=1S/C17H24N4O2/c1-12(13-6-8-18-9-7-13)21-10-4-5-14(11-21)17(2)15(22)20(3)16(23)19-17/h6-9,12,14H,4-5,10-11H2,1-3H3,(H,19,23)/t12-,14+,17-/m1/s1. The molecule has 0 spiro atoms. The van der Waals surface area contributed by atoms with Crippen molar-refractivity contribution < 1.29 is 9.59 Å². The van der Waals surface area contributed by atoms with Crippen LogP contribution in [0.3, 0.4) is 0 Å². The highest BCUT2D eigenvalue weighted by atomic mass is 16.2. The minimum absolute atomic E-state index is 0.120. The lowest BCUT2D eigenvalue weighted by atomic mass is 9.79. The van der Waals surface area contributed by atoms with E-state index in [-0.39, 0.29) is 23.9 Å². The molecule has 3 atom stereocenters. The van der Waals surface area contributed by atoms with Crippen LogP contribution >= 0.6 is 0 Å². The molecule has 1 N–H and O–H groups in total. The van der Waals surface area contributed by atoms with Gasteiger partial charge in [0.05, 0.1) is 0 Å². The predicted octanol–water partition coefficient (Wildman–Crippen LogP) is 1.79. The average Bonchev–Trinajstić information content (AvgIpc) is 2.79. The van der Waals surface area contributed by atoms with Gasteiger partial charge in [0.25, 0.3) is 5.91 Å². The third-order valence-electron chi connectivity index (χ3n) is 5.43. The van der Waals surface area contributed by atoms with Crippen molar-refractivity contribution in [2.45, 2.75) is 38.3 Å². The van der Waals surface area contributed by atoms with Crippen LogP contribution < -0.4 is 5.32 Å². The summed E-state index contributed by atoms with van der Waals surface area (Å²) in [6, 6.07) is 4.05. The number of nitrogens with one attached hydrogen (secondary N) is 1. The lowest BCUT2D eigenvalue weighted by Crippen LogP contribution is -2.56. The Morgan fingerprint density at radius 3 is 2.65 bits per heavy atom. The summed E-state index contributed by atoms with van der Waals surface area (Å²) in [4.78, 5) is 32.0. The van der Waals surface area contributed by atoms with Crippen LogP contribution in [0.5, 0.6) is 0 Å². The topological polar surface area (TPSA) is 65.5 Å². The zero-order valence-corrected chi connectivity index (χ0v) is 14.0. The van der Waals surface area contributed by atoms with Gasteiger partial charge in [-0.25, -0.2) is 4.79 Å². The normalized spacial score (nSPS) is 30.4. The summed E-state index contributed by atoms with van der Waals surface area (Å²) in [7, 11) is 1.54. The molecule has 23 heavy (non-hydrogen) atoms. The number of piperidine rings is 1. The average molecular weight is 316 g/mol. The van der Waals surface area contributed by atoms with Crippen molar-refractivity contribution in [1.82, 2.24) is 20.1 Å². The summed E-state index contributed by atoms with van der Waals surface area (Å²) >= 11 is 0. The number of likely N-dealkylation sites (tertiary alicyclic amines) is 1. The van der Waals surface area contributed by atoms with E-state index in [0.717, 1.165) is 25.9 Å². The smallest absolute Gasteiger partial charge is 0.323 e. The molecule has 1 aromatic heterocycles. The summed E-state index contributed by atoms with van der Waals surface area (Å²) < 4.78 is 0. The van der Waals surface area contributed by atoms with Crippen LogP contribution in [0.1, 0.15) is 38.3 Å². The van der Waals surface area contributed by atoms with Crippen LogP contribution in [0, 0.1) is 5.92 Å². The maximum Gasteiger partial charge on any atom is 0.324 e. The molecular formula is C17H24N4O2. The van der Waals surface area contributed by atoms with E-state index < -0.39 is 5.54 Å². The van der Waals surface area contributed by atoms with Gasteiger partial charge in [-0.05, 0) is 50.9 Å². The number of hydrogen-bond acceptors (Lipinski definition) is 4. The molecule has 3 heterocycles. The van der Waals surface area contributed by atoms with E-state index in [1.54, 1.807) is 7.05 Å². The zero-order valence-electron chi connectivity index (χ0n) is 14.0. The second kappa shape index (κ2) is 5.92. The Hall–Kier alpha value is -1.95. The summed E-state index contributed by atoms with van der Waals surface area (Å²) in [5.74, 6) is 0.00727. The maximum absolute atomic E-state index is 12.5. The van der Waals surface area contributed by atoms with Crippen molar-refractivity contribution in [3.05, 3.63) is 30.1 Å². The number of carbonyl (C=O) groups is 2. The van der Waals surface area contributed by atoms with E-state index >= 15 is 0 Å². The first kappa shape index (κ1) is 15.9. The van der Waals surface area contributed by atoms with Crippen molar-refractivity contribution in [3.63, 3.8) is 0 Å². The van der Waals surface area contributed by atoms with Gasteiger partial charge >= 0.3 is 6.03 Å². The van der Waals surface area contributed by atoms with Crippen LogP contribution in [0.2, 0.25) is 0 Å². The van der Waals surface area contributed by atoms with Crippen LogP contribution in [0.25, 0.3) is 0 Å². The van der Waals surface area contributed by atoms with Crippen LogP contribution in [0.4, 0.5) is 4.79 Å².